The Balaban J connectivity index is 2.76. The fraction of sp³-hybridized carbons (Fsp3) is 0.714. The Labute approximate surface area is 70.8 Å². The molecular formula is C7H13N3S. The number of nitrogens with two attached hydrogens (primary N) is 1. The average molecular weight is 171 g/mol. The van der Waals surface area contributed by atoms with Crippen LogP contribution in [0.15, 0.2) is 0 Å². The van der Waals surface area contributed by atoms with Gasteiger partial charge in [-0.3, -0.25) is 0 Å². The summed E-state index contributed by atoms with van der Waals surface area (Å²) in [6, 6.07) is 0. The molecule has 0 aliphatic carbocycles. The maximum atomic E-state index is 5.40. The summed E-state index contributed by atoms with van der Waals surface area (Å²) in [6.45, 7) is 6.48. The van der Waals surface area contributed by atoms with Crippen molar-refractivity contribution in [2.75, 3.05) is 5.73 Å². The number of rotatable bonds is 2. The zero-order valence-corrected chi connectivity index (χ0v) is 7.85. The molecule has 0 aromatic carbocycles. The Kier molecular flexibility index (Phi) is 2.44. The molecule has 62 valence electrons. The molecule has 0 bridgehead atoms. The minimum Gasteiger partial charge on any atom is -0.367 e. The van der Waals surface area contributed by atoms with Crippen molar-refractivity contribution in [1.29, 1.82) is 0 Å². The van der Waals surface area contributed by atoms with Gasteiger partial charge in [-0.15, -0.1) is 0 Å². The Hall–Kier alpha value is -0.640. The van der Waals surface area contributed by atoms with Crippen LogP contribution in [-0.4, -0.2) is 9.36 Å². The SMILES string of the molecule is CC(C)C(C)c1nc(N)ns1. The van der Waals surface area contributed by atoms with E-state index in [1.807, 2.05) is 0 Å². The summed E-state index contributed by atoms with van der Waals surface area (Å²) < 4.78 is 3.93. The van der Waals surface area contributed by atoms with E-state index >= 15 is 0 Å². The summed E-state index contributed by atoms with van der Waals surface area (Å²) in [5.41, 5.74) is 5.40. The van der Waals surface area contributed by atoms with Crippen LogP contribution in [0.4, 0.5) is 5.95 Å². The molecule has 11 heavy (non-hydrogen) atoms. The number of nitrogens with zero attached hydrogens (tertiary/aromatic N) is 2. The number of anilines is 1. The van der Waals surface area contributed by atoms with Crippen molar-refractivity contribution in [2.24, 2.45) is 5.92 Å². The van der Waals surface area contributed by atoms with Crippen molar-refractivity contribution in [1.82, 2.24) is 9.36 Å². The highest BCUT2D eigenvalue weighted by molar-refractivity contribution is 7.05. The fourth-order valence-corrected chi connectivity index (χ4v) is 1.52. The van der Waals surface area contributed by atoms with Crippen LogP contribution in [0.3, 0.4) is 0 Å². The van der Waals surface area contributed by atoms with Crippen molar-refractivity contribution in [3.8, 4) is 0 Å². The van der Waals surface area contributed by atoms with Crippen LogP contribution in [0.5, 0.6) is 0 Å². The van der Waals surface area contributed by atoms with Crippen molar-refractivity contribution >= 4 is 17.5 Å². The van der Waals surface area contributed by atoms with Gasteiger partial charge in [0.2, 0.25) is 5.95 Å². The number of hydrogen-bond donors (Lipinski definition) is 1. The lowest BCUT2D eigenvalue weighted by atomic mass is 9.99. The molecule has 1 unspecified atom stereocenters. The lowest BCUT2D eigenvalue weighted by molar-refractivity contribution is 0.533. The van der Waals surface area contributed by atoms with Crippen LogP contribution in [0.25, 0.3) is 0 Å². The van der Waals surface area contributed by atoms with Gasteiger partial charge < -0.3 is 5.73 Å². The third-order valence-electron chi connectivity index (χ3n) is 1.85. The van der Waals surface area contributed by atoms with E-state index in [4.69, 9.17) is 5.73 Å². The highest BCUT2D eigenvalue weighted by atomic mass is 32.1. The first kappa shape index (κ1) is 8.46. The third kappa shape index (κ3) is 1.89. The molecule has 0 amide bonds. The molecule has 0 aliphatic heterocycles. The Morgan fingerprint density at radius 2 is 2.00 bits per heavy atom. The van der Waals surface area contributed by atoms with Gasteiger partial charge in [-0.05, 0) is 17.5 Å². The monoisotopic (exact) mass is 171 g/mol. The van der Waals surface area contributed by atoms with Crippen LogP contribution in [0.1, 0.15) is 31.7 Å². The zero-order chi connectivity index (χ0) is 8.43. The molecule has 0 fully saturated rings. The normalized spacial score (nSPS) is 13.8. The molecule has 1 aromatic heterocycles. The number of nitrogen functional groups attached to an aromatic ring is 1. The summed E-state index contributed by atoms with van der Waals surface area (Å²) >= 11 is 1.40. The molecular weight excluding hydrogens is 158 g/mol. The topological polar surface area (TPSA) is 51.8 Å². The second-order valence-corrected chi connectivity index (χ2v) is 3.81. The van der Waals surface area contributed by atoms with Gasteiger partial charge in [0, 0.05) is 5.92 Å². The van der Waals surface area contributed by atoms with Crippen molar-refractivity contribution in [2.45, 2.75) is 26.7 Å². The summed E-state index contributed by atoms with van der Waals surface area (Å²) in [4.78, 5) is 4.12. The highest BCUT2D eigenvalue weighted by Gasteiger charge is 2.13. The number of aromatic nitrogens is 2. The van der Waals surface area contributed by atoms with Gasteiger partial charge >= 0.3 is 0 Å². The Morgan fingerprint density at radius 3 is 2.36 bits per heavy atom. The van der Waals surface area contributed by atoms with E-state index in [1.54, 1.807) is 0 Å². The smallest absolute Gasteiger partial charge is 0.232 e. The highest BCUT2D eigenvalue weighted by Crippen LogP contribution is 2.24. The predicted octanol–water partition coefficient (Wildman–Crippen LogP) is 1.88. The van der Waals surface area contributed by atoms with Gasteiger partial charge in [-0.1, -0.05) is 20.8 Å². The van der Waals surface area contributed by atoms with Gasteiger partial charge in [-0.2, -0.15) is 4.37 Å². The van der Waals surface area contributed by atoms with Gasteiger partial charge in [0.1, 0.15) is 5.01 Å². The van der Waals surface area contributed by atoms with Crippen molar-refractivity contribution in [3.05, 3.63) is 5.01 Å². The van der Waals surface area contributed by atoms with Gasteiger partial charge in [-0.25, -0.2) is 4.98 Å². The number of hydrogen-bond acceptors (Lipinski definition) is 4. The van der Waals surface area contributed by atoms with Crippen LogP contribution in [0, 0.1) is 5.92 Å². The molecule has 0 spiro atoms. The van der Waals surface area contributed by atoms with E-state index in [-0.39, 0.29) is 0 Å². The quantitative estimate of drug-likeness (QED) is 0.739. The maximum absolute atomic E-state index is 5.40. The third-order valence-corrected chi connectivity index (χ3v) is 2.78. The summed E-state index contributed by atoms with van der Waals surface area (Å²) in [5.74, 6) is 1.46. The van der Waals surface area contributed by atoms with E-state index in [2.05, 4.69) is 30.1 Å². The minimum atomic E-state index is 0.400. The van der Waals surface area contributed by atoms with E-state index in [0.717, 1.165) is 5.01 Å². The molecule has 0 saturated carbocycles. The van der Waals surface area contributed by atoms with Crippen molar-refractivity contribution < 1.29 is 0 Å². The van der Waals surface area contributed by atoms with Crippen LogP contribution in [-0.2, 0) is 0 Å². The maximum Gasteiger partial charge on any atom is 0.232 e. The first-order valence-electron chi connectivity index (χ1n) is 3.70. The minimum absolute atomic E-state index is 0.400. The molecule has 1 atom stereocenters. The standard InChI is InChI=1S/C7H13N3S/c1-4(2)5(3)6-9-7(8)10-11-6/h4-5H,1-3H3,(H2,8,10). The molecule has 0 aliphatic rings. The van der Waals surface area contributed by atoms with Gasteiger partial charge in [0.25, 0.3) is 0 Å². The van der Waals surface area contributed by atoms with Crippen LogP contribution >= 0.6 is 11.5 Å². The van der Waals surface area contributed by atoms with E-state index in [9.17, 15) is 0 Å². The molecule has 3 nitrogen and oxygen atoms in total. The lowest BCUT2D eigenvalue weighted by Crippen LogP contribution is -2.01. The van der Waals surface area contributed by atoms with Gasteiger partial charge in [0.05, 0.1) is 0 Å². The van der Waals surface area contributed by atoms with E-state index in [0.29, 0.717) is 17.8 Å². The van der Waals surface area contributed by atoms with Crippen LogP contribution in [0.2, 0.25) is 0 Å². The van der Waals surface area contributed by atoms with Crippen molar-refractivity contribution in [3.63, 3.8) is 0 Å². The molecule has 4 heteroatoms. The summed E-state index contributed by atoms with van der Waals surface area (Å²) in [7, 11) is 0. The van der Waals surface area contributed by atoms with E-state index < -0.39 is 0 Å². The van der Waals surface area contributed by atoms with E-state index in [1.165, 1.54) is 11.5 Å². The molecule has 0 saturated heterocycles. The summed E-state index contributed by atoms with van der Waals surface area (Å²) in [5, 5.41) is 1.04. The molecule has 2 N–H and O–H groups in total. The Bertz CT molecular complexity index is 231. The molecule has 1 aromatic rings. The predicted molar refractivity (Wildman–Crippen MR) is 47.6 cm³/mol. The zero-order valence-electron chi connectivity index (χ0n) is 7.03. The molecule has 1 rings (SSSR count). The molecule has 1 heterocycles. The summed E-state index contributed by atoms with van der Waals surface area (Å²) in [6.07, 6.45) is 0. The van der Waals surface area contributed by atoms with Crippen LogP contribution < -0.4 is 5.73 Å². The average Bonchev–Trinajstić information content (AvgIpc) is 2.34. The molecule has 0 radical (unpaired) electrons. The second kappa shape index (κ2) is 3.17. The van der Waals surface area contributed by atoms with Gasteiger partial charge in [0.15, 0.2) is 0 Å². The largest absolute Gasteiger partial charge is 0.367 e. The second-order valence-electron chi connectivity index (χ2n) is 3.02. The first-order valence-corrected chi connectivity index (χ1v) is 4.47. The lowest BCUT2D eigenvalue weighted by Gasteiger charge is -2.10. The fourth-order valence-electron chi connectivity index (χ4n) is 0.717. The first-order chi connectivity index (χ1) is 5.11. The Morgan fingerprint density at radius 1 is 1.36 bits per heavy atom.